The normalized spacial score (nSPS) is 12.8. The number of carboxylic acid groups (broad SMARTS) is 2. The van der Waals surface area contributed by atoms with E-state index < -0.39 is 49.1 Å². The Hall–Kier alpha value is -2.98. The first-order valence-electron chi connectivity index (χ1n) is 6.69. The molecule has 0 spiro atoms. The van der Waals surface area contributed by atoms with Crippen molar-refractivity contribution in [2.75, 3.05) is 13.2 Å². The molecule has 10 nitrogen and oxygen atoms in total. The molecule has 2 amide bonds. The molecule has 24 heavy (non-hydrogen) atoms. The number of nitrogens with one attached hydrogen (secondary N) is 2. The minimum atomic E-state index is -1.50. The average Bonchev–Trinajstić information content (AvgIpc) is 2.56. The highest BCUT2D eigenvalue weighted by molar-refractivity contribution is 6.01. The zero-order valence-corrected chi connectivity index (χ0v) is 12.3. The van der Waals surface area contributed by atoms with Gasteiger partial charge in [-0.3, -0.25) is 9.59 Å². The molecule has 0 aliphatic heterocycles. The molecule has 0 fully saturated rings. The predicted molar refractivity (Wildman–Crippen MR) is 78.4 cm³/mol. The van der Waals surface area contributed by atoms with Crippen molar-refractivity contribution in [2.24, 2.45) is 0 Å². The third-order valence-electron chi connectivity index (χ3n) is 2.96. The van der Waals surface area contributed by atoms with Crippen molar-refractivity contribution in [1.82, 2.24) is 10.6 Å². The standard InChI is InChI=1S/C14H16N2O8/c17-5-9(13(21)22)15-11(19)7-2-1-3-8(4-7)12(20)16-10(6-18)14(23)24/h1-4,9-10,17-18H,5-6H2,(H,15,19)(H,16,20)(H,21,22)(H,23,24)/t9-,10-/m0/s1. The summed E-state index contributed by atoms with van der Waals surface area (Å²) in [6, 6.07) is 2.08. The Kier molecular flexibility index (Phi) is 6.83. The van der Waals surface area contributed by atoms with E-state index in [1.807, 2.05) is 0 Å². The van der Waals surface area contributed by atoms with Gasteiger partial charge in [0, 0.05) is 11.1 Å². The Morgan fingerprint density at radius 3 is 1.50 bits per heavy atom. The maximum atomic E-state index is 11.9. The molecule has 0 heterocycles. The van der Waals surface area contributed by atoms with Crippen LogP contribution in [0, 0.1) is 0 Å². The number of amides is 2. The summed E-state index contributed by atoms with van der Waals surface area (Å²) in [6.07, 6.45) is 0. The molecule has 0 radical (unpaired) electrons. The van der Waals surface area contributed by atoms with E-state index >= 15 is 0 Å². The van der Waals surface area contributed by atoms with E-state index in [0.717, 1.165) is 6.07 Å². The quantitative estimate of drug-likeness (QED) is 0.316. The van der Waals surface area contributed by atoms with Crippen LogP contribution < -0.4 is 10.6 Å². The third-order valence-corrected chi connectivity index (χ3v) is 2.96. The molecule has 0 aliphatic carbocycles. The van der Waals surface area contributed by atoms with Gasteiger partial charge in [-0.25, -0.2) is 9.59 Å². The lowest BCUT2D eigenvalue weighted by molar-refractivity contribution is -0.141. The van der Waals surface area contributed by atoms with Gasteiger partial charge >= 0.3 is 11.9 Å². The molecule has 0 saturated heterocycles. The fourth-order valence-electron chi connectivity index (χ4n) is 1.66. The van der Waals surface area contributed by atoms with Gasteiger partial charge in [0.15, 0.2) is 12.1 Å². The van der Waals surface area contributed by atoms with E-state index in [4.69, 9.17) is 20.4 Å². The van der Waals surface area contributed by atoms with Crippen LogP contribution in [-0.4, -0.2) is 69.5 Å². The highest BCUT2D eigenvalue weighted by Crippen LogP contribution is 2.06. The number of aliphatic hydroxyl groups is 2. The van der Waals surface area contributed by atoms with Crippen molar-refractivity contribution in [2.45, 2.75) is 12.1 Å². The Morgan fingerprint density at radius 1 is 0.833 bits per heavy atom. The average molecular weight is 340 g/mol. The lowest BCUT2D eigenvalue weighted by Crippen LogP contribution is -2.44. The second-order valence-corrected chi connectivity index (χ2v) is 4.67. The van der Waals surface area contributed by atoms with Gasteiger partial charge in [-0.05, 0) is 18.2 Å². The summed E-state index contributed by atoms with van der Waals surface area (Å²) in [6.45, 7) is -1.61. The molecule has 0 aliphatic rings. The lowest BCUT2D eigenvalue weighted by Gasteiger charge is -2.13. The van der Waals surface area contributed by atoms with Crippen LogP contribution in [0.25, 0.3) is 0 Å². The van der Waals surface area contributed by atoms with E-state index in [2.05, 4.69) is 10.6 Å². The monoisotopic (exact) mass is 340 g/mol. The number of hydrogen-bond acceptors (Lipinski definition) is 6. The number of hydrogen-bond donors (Lipinski definition) is 6. The highest BCUT2D eigenvalue weighted by atomic mass is 16.4. The minimum absolute atomic E-state index is 0.0572. The molecule has 10 heteroatoms. The van der Waals surface area contributed by atoms with Crippen molar-refractivity contribution in [3.63, 3.8) is 0 Å². The van der Waals surface area contributed by atoms with Gasteiger partial charge < -0.3 is 31.1 Å². The van der Waals surface area contributed by atoms with Gasteiger partial charge in [0.25, 0.3) is 11.8 Å². The second kappa shape index (κ2) is 8.60. The summed E-state index contributed by atoms with van der Waals surface area (Å²) < 4.78 is 0. The Bertz CT molecular complexity index is 594. The predicted octanol–water partition coefficient (Wildman–Crippen LogP) is -1.96. The van der Waals surface area contributed by atoms with Gasteiger partial charge in [-0.1, -0.05) is 6.07 Å². The molecule has 0 saturated carbocycles. The summed E-state index contributed by atoms with van der Waals surface area (Å²) in [5.41, 5.74) is -0.114. The van der Waals surface area contributed by atoms with Crippen LogP contribution >= 0.6 is 0 Å². The summed E-state index contributed by atoms with van der Waals surface area (Å²) >= 11 is 0. The minimum Gasteiger partial charge on any atom is -0.480 e. The Balaban J connectivity index is 2.89. The number of carboxylic acids is 2. The van der Waals surface area contributed by atoms with E-state index in [1.165, 1.54) is 18.2 Å². The molecule has 2 atom stereocenters. The summed E-state index contributed by atoms with van der Waals surface area (Å²) in [5.74, 6) is -4.51. The number of benzene rings is 1. The molecular formula is C14H16N2O8. The van der Waals surface area contributed by atoms with Crippen LogP contribution in [0.3, 0.4) is 0 Å². The van der Waals surface area contributed by atoms with Crippen molar-refractivity contribution in [3.05, 3.63) is 35.4 Å². The second-order valence-electron chi connectivity index (χ2n) is 4.67. The molecule has 1 rings (SSSR count). The molecule has 6 N–H and O–H groups in total. The lowest BCUT2D eigenvalue weighted by atomic mass is 10.1. The van der Waals surface area contributed by atoms with Gasteiger partial charge in [0.2, 0.25) is 0 Å². The first-order chi connectivity index (χ1) is 11.3. The van der Waals surface area contributed by atoms with Crippen molar-refractivity contribution in [3.8, 4) is 0 Å². The van der Waals surface area contributed by atoms with Crippen LogP contribution in [0.15, 0.2) is 24.3 Å². The molecule has 1 aromatic carbocycles. The van der Waals surface area contributed by atoms with Crippen molar-refractivity contribution >= 4 is 23.8 Å². The number of aliphatic carboxylic acids is 2. The Morgan fingerprint density at radius 2 is 1.21 bits per heavy atom. The zero-order chi connectivity index (χ0) is 18.3. The molecule has 130 valence electrons. The van der Waals surface area contributed by atoms with E-state index in [9.17, 15) is 19.2 Å². The zero-order valence-electron chi connectivity index (χ0n) is 12.3. The fraction of sp³-hybridized carbons (Fsp3) is 0.286. The highest BCUT2D eigenvalue weighted by Gasteiger charge is 2.22. The number of carbonyl (C=O) groups is 4. The number of carbonyl (C=O) groups excluding carboxylic acids is 2. The van der Waals surface area contributed by atoms with Crippen molar-refractivity contribution < 1.29 is 39.6 Å². The fourth-order valence-corrected chi connectivity index (χ4v) is 1.66. The van der Waals surface area contributed by atoms with Crippen LogP contribution in [0.4, 0.5) is 0 Å². The van der Waals surface area contributed by atoms with Gasteiger partial charge in [0.05, 0.1) is 13.2 Å². The topological polar surface area (TPSA) is 173 Å². The van der Waals surface area contributed by atoms with E-state index in [1.54, 1.807) is 0 Å². The van der Waals surface area contributed by atoms with Gasteiger partial charge in [-0.15, -0.1) is 0 Å². The summed E-state index contributed by atoms with van der Waals surface area (Å²) in [4.78, 5) is 45.4. The van der Waals surface area contributed by atoms with E-state index in [-0.39, 0.29) is 11.1 Å². The molecular weight excluding hydrogens is 324 g/mol. The van der Waals surface area contributed by atoms with Gasteiger partial charge in [-0.2, -0.15) is 0 Å². The smallest absolute Gasteiger partial charge is 0.328 e. The van der Waals surface area contributed by atoms with Crippen LogP contribution in [-0.2, 0) is 9.59 Å². The number of rotatable bonds is 8. The maximum Gasteiger partial charge on any atom is 0.328 e. The van der Waals surface area contributed by atoms with E-state index in [0.29, 0.717) is 0 Å². The van der Waals surface area contributed by atoms with Crippen LogP contribution in [0.5, 0.6) is 0 Å². The molecule has 0 aromatic heterocycles. The molecule has 0 unspecified atom stereocenters. The maximum absolute atomic E-state index is 11.9. The third kappa shape index (κ3) is 5.04. The van der Waals surface area contributed by atoms with Gasteiger partial charge in [0.1, 0.15) is 0 Å². The van der Waals surface area contributed by atoms with Crippen molar-refractivity contribution in [1.29, 1.82) is 0 Å². The molecule has 1 aromatic rings. The van der Waals surface area contributed by atoms with Crippen LogP contribution in [0.1, 0.15) is 20.7 Å². The largest absolute Gasteiger partial charge is 0.480 e. The first kappa shape index (κ1) is 19.1. The summed E-state index contributed by atoms with van der Waals surface area (Å²) in [7, 11) is 0. The first-order valence-corrected chi connectivity index (χ1v) is 6.69. The summed E-state index contributed by atoms with van der Waals surface area (Å²) in [5, 5.41) is 39.4. The number of aliphatic hydroxyl groups excluding tert-OH is 2. The Labute approximate surface area is 135 Å². The SMILES string of the molecule is O=C(N[C@@H](CO)C(=O)O)c1cccc(C(=O)N[C@@H](CO)C(=O)O)c1. The molecule has 0 bridgehead atoms. The van der Waals surface area contributed by atoms with Crippen LogP contribution in [0.2, 0.25) is 0 Å².